The molecule has 1 aromatic heterocycles. The van der Waals surface area contributed by atoms with Gasteiger partial charge in [0.25, 0.3) is 11.8 Å². The molecule has 2 amide bonds. The first kappa shape index (κ1) is 23.7. The molecule has 2 aromatic rings. The van der Waals surface area contributed by atoms with E-state index in [2.05, 4.69) is 27.0 Å². The lowest BCUT2D eigenvalue weighted by Crippen LogP contribution is -2.47. The molecule has 2 aliphatic heterocycles. The van der Waals surface area contributed by atoms with Crippen molar-refractivity contribution in [2.24, 2.45) is 5.73 Å². The van der Waals surface area contributed by atoms with Gasteiger partial charge in [-0.25, -0.2) is 9.37 Å². The fourth-order valence-electron chi connectivity index (χ4n) is 4.23. The number of likely N-dealkylation sites (N-methyl/N-ethyl adjacent to an activating group) is 1. The second-order valence-corrected chi connectivity index (χ2v) is 9.21. The summed E-state index contributed by atoms with van der Waals surface area (Å²) in [4.78, 5) is 32.0. The first-order valence-corrected chi connectivity index (χ1v) is 11.2. The number of imidazole rings is 1. The first-order valence-electron chi connectivity index (χ1n) is 11.2. The van der Waals surface area contributed by atoms with Gasteiger partial charge in [-0.05, 0) is 46.3 Å². The van der Waals surface area contributed by atoms with Crippen LogP contribution < -0.4 is 15.8 Å². The van der Waals surface area contributed by atoms with Gasteiger partial charge in [0.05, 0.1) is 17.7 Å². The number of ether oxygens (including phenoxy) is 1. The highest BCUT2D eigenvalue weighted by molar-refractivity contribution is 6.05. The van der Waals surface area contributed by atoms with Crippen LogP contribution >= 0.6 is 0 Å². The highest BCUT2D eigenvalue weighted by Gasteiger charge is 2.31. The van der Waals surface area contributed by atoms with Crippen molar-refractivity contribution in [1.82, 2.24) is 19.8 Å². The maximum Gasteiger partial charge on any atom is 0.270 e. The van der Waals surface area contributed by atoms with Gasteiger partial charge in [-0.1, -0.05) is 11.8 Å². The molecule has 1 unspecified atom stereocenters. The molecule has 0 aliphatic carbocycles. The van der Waals surface area contributed by atoms with Crippen LogP contribution in [0.5, 0.6) is 5.75 Å². The zero-order chi connectivity index (χ0) is 24.6. The number of hydrogen-bond acceptors (Lipinski definition) is 6. The number of hydrogen-bond donors (Lipinski definition) is 3. The quantitative estimate of drug-likeness (QED) is 0.579. The van der Waals surface area contributed by atoms with Gasteiger partial charge in [0, 0.05) is 18.7 Å². The monoisotopic (exact) mass is 469 g/mol. The molecule has 1 fully saturated rings. The Labute approximate surface area is 197 Å². The molecule has 0 spiro atoms. The predicted molar refractivity (Wildman–Crippen MR) is 123 cm³/mol. The molecular weight excluding hydrogens is 441 g/mol. The molecule has 34 heavy (non-hydrogen) atoms. The van der Waals surface area contributed by atoms with Crippen LogP contribution in [0.2, 0.25) is 0 Å². The van der Waals surface area contributed by atoms with Crippen LogP contribution in [0.3, 0.4) is 0 Å². The normalized spacial score (nSPS) is 18.0. The molecule has 1 saturated heterocycles. The number of nitrogens with one attached hydrogen (secondary N) is 1. The van der Waals surface area contributed by atoms with Crippen molar-refractivity contribution in [3.63, 3.8) is 0 Å². The summed E-state index contributed by atoms with van der Waals surface area (Å²) in [6.45, 7) is 4.99. The molecule has 2 aliphatic rings. The SMILES string of the molecule is CN1CCCC(NC(=O)c2c(C(N)=O)nc3n2CCOc2cc(F)c(C#CC(C)(C)O)cc2-3)C1. The van der Waals surface area contributed by atoms with Crippen LogP contribution in [0.4, 0.5) is 4.39 Å². The smallest absolute Gasteiger partial charge is 0.270 e. The average Bonchev–Trinajstić information content (AvgIpc) is 3.04. The number of nitrogens with two attached hydrogens (primary N) is 1. The van der Waals surface area contributed by atoms with E-state index < -0.39 is 23.2 Å². The molecule has 9 nitrogen and oxygen atoms in total. The predicted octanol–water partition coefficient (Wildman–Crippen LogP) is 1.13. The highest BCUT2D eigenvalue weighted by atomic mass is 19.1. The van der Waals surface area contributed by atoms with Crippen molar-refractivity contribution >= 4 is 11.8 Å². The van der Waals surface area contributed by atoms with E-state index in [0.29, 0.717) is 12.1 Å². The lowest BCUT2D eigenvalue weighted by Gasteiger charge is -2.30. The van der Waals surface area contributed by atoms with Crippen LogP contribution in [-0.4, -0.2) is 69.8 Å². The number of piperidine rings is 1. The van der Waals surface area contributed by atoms with Gasteiger partial charge in [0.1, 0.15) is 35.3 Å². The number of amides is 2. The second kappa shape index (κ2) is 9.08. The lowest BCUT2D eigenvalue weighted by molar-refractivity contribution is 0.0890. The van der Waals surface area contributed by atoms with Gasteiger partial charge in [-0.15, -0.1) is 0 Å². The van der Waals surface area contributed by atoms with Gasteiger partial charge >= 0.3 is 0 Å². The van der Waals surface area contributed by atoms with Gasteiger partial charge in [-0.2, -0.15) is 0 Å². The molecule has 0 radical (unpaired) electrons. The molecule has 4 rings (SSSR count). The summed E-state index contributed by atoms with van der Waals surface area (Å²) in [7, 11) is 1.99. The number of likely N-dealkylation sites (tertiary alicyclic amines) is 1. The molecule has 0 bridgehead atoms. The zero-order valence-corrected chi connectivity index (χ0v) is 19.4. The number of carbonyl (C=O) groups excluding carboxylic acids is 2. The Kier molecular flexibility index (Phi) is 6.34. The summed E-state index contributed by atoms with van der Waals surface area (Å²) in [5.41, 5.74) is 4.57. The number of nitrogens with zero attached hydrogens (tertiary/aromatic N) is 3. The van der Waals surface area contributed by atoms with Crippen molar-refractivity contribution in [3.05, 3.63) is 34.9 Å². The van der Waals surface area contributed by atoms with E-state index in [0.717, 1.165) is 19.4 Å². The number of benzene rings is 1. The summed E-state index contributed by atoms with van der Waals surface area (Å²) >= 11 is 0. The van der Waals surface area contributed by atoms with E-state index >= 15 is 0 Å². The second-order valence-electron chi connectivity index (χ2n) is 9.21. The average molecular weight is 470 g/mol. The first-order chi connectivity index (χ1) is 16.0. The van der Waals surface area contributed by atoms with Gasteiger partial charge in [0.2, 0.25) is 0 Å². The van der Waals surface area contributed by atoms with E-state index in [4.69, 9.17) is 10.5 Å². The largest absolute Gasteiger partial charge is 0.491 e. The number of aliphatic hydroxyl groups is 1. The molecule has 3 heterocycles. The van der Waals surface area contributed by atoms with Crippen LogP contribution in [0, 0.1) is 17.7 Å². The summed E-state index contributed by atoms with van der Waals surface area (Å²) < 4.78 is 22.0. The van der Waals surface area contributed by atoms with Crippen LogP contribution in [0.25, 0.3) is 11.4 Å². The van der Waals surface area contributed by atoms with Crippen LogP contribution in [0.1, 0.15) is 53.2 Å². The number of halogens is 1. The maximum absolute atomic E-state index is 14.7. The van der Waals surface area contributed by atoms with Crippen molar-refractivity contribution in [2.75, 3.05) is 26.7 Å². The molecule has 4 N–H and O–H groups in total. The van der Waals surface area contributed by atoms with Crippen molar-refractivity contribution in [1.29, 1.82) is 0 Å². The van der Waals surface area contributed by atoms with E-state index in [9.17, 15) is 19.1 Å². The number of fused-ring (bicyclic) bond motifs is 3. The molecule has 1 atom stereocenters. The number of rotatable bonds is 3. The Morgan fingerprint density at radius 3 is 2.79 bits per heavy atom. The summed E-state index contributed by atoms with van der Waals surface area (Å²) in [6.07, 6.45) is 1.79. The van der Waals surface area contributed by atoms with Crippen molar-refractivity contribution in [2.45, 2.75) is 44.9 Å². The minimum Gasteiger partial charge on any atom is -0.491 e. The number of primary amides is 1. The molecular formula is C24H28FN5O4. The topological polar surface area (TPSA) is 123 Å². The standard InChI is InChI=1S/C24H28FN5O4/c1-24(2,33)7-6-14-11-16-18(12-17(14)25)34-10-9-30-20(19(21(26)31)28-22(16)30)23(32)27-15-5-4-8-29(3)13-15/h11-12,15,33H,4-5,8-10,13H2,1-3H3,(H2,26,31)(H,27,32). The number of carbonyl (C=O) groups is 2. The zero-order valence-electron chi connectivity index (χ0n) is 19.4. The van der Waals surface area contributed by atoms with E-state index in [1.807, 2.05) is 7.05 Å². The Morgan fingerprint density at radius 1 is 1.35 bits per heavy atom. The Bertz CT molecular complexity index is 1200. The molecule has 180 valence electrons. The van der Waals surface area contributed by atoms with E-state index in [1.165, 1.54) is 26.0 Å². The maximum atomic E-state index is 14.7. The van der Waals surface area contributed by atoms with Crippen molar-refractivity contribution < 1.29 is 23.8 Å². The Morgan fingerprint density at radius 2 is 2.12 bits per heavy atom. The summed E-state index contributed by atoms with van der Waals surface area (Å²) in [6, 6.07) is 2.57. The third-order valence-corrected chi connectivity index (χ3v) is 5.76. The molecule has 10 heteroatoms. The van der Waals surface area contributed by atoms with Crippen LogP contribution in [-0.2, 0) is 6.54 Å². The van der Waals surface area contributed by atoms with Crippen LogP contribution in [0.15, 0.2) is 12.1 Å². The third kappa shape index (κ3) is 4.90. The minimum atomic E-state index is -1.31. The molecule has 1 aromatic carbocycles. The number of aromatic nitrogens is 2. The fraction of sp³-hybridized carbons (Fsp3) is 0.458. The van der Waals surface area contributed by atoms with Gasteiger partial charge < -0.3 is 30.4 Å². The molecule has 0 saturated carbocycles. The van der Waals surface area contributed by atoms with Gasteiger partial charge in [-0.3, -0.25) is 9.59 Å². The Balaban J connectivity index is 1.79. The van der Waals surface area contributed by atoms with Gasteiger partial charge in [0.15, 0.2) is 5.69 Å². The summed E-state index contributed by atoms with van der Waals surface area (Å²) in [5, 5.41) is 12.9. The minimum absolute atomic E-state index is 0.0257. The Hall–Kier alpha value is -3.42. The fourth-order valence-corrected chi connectivity index (χ4v) is 4.23. The van der Waals surface area contributed by atoms with E-state index in [1.54, 1.807) is 4.57 Å². The lowest BCUT2D eigenvalue weighted by atomic mass is 10.1. The van der Waals surface area contributed by atoms with E-state index in [-0.39, 0.29) is 47.7 Å². The summed E-state index contributed by atoms with van der Waals surface area (Å²) in [5.74, 6) is 3.80. The highest BCUT2D eigenvalue weighted by Crippen LogP contribution is 2.35. The third-order valence-electron chi connectivity index (χ3n) is 5.76. The van der Waals surface area contributed by atoms with Crippen molar-refractivity contribution in [3.8, 4) is 29.0 Å².